The summed E-state index contributed by atoms with van der Waals surface area (Å²) in [5.74, 6) is 0.376. The van der Waals surface area contributed by atoms with E-state index in [4.69, 9.17) is 27.9 Å². The minimum atomic E-state index is -0.223. The van der Waals surface area contributed by atoms with Crippen LogP contribution < -0.4 is 4.74 Å². The van der Waals surface area contributed by atoms with Gasteiger partial charge in [-0.3, -0.25) is 4.79 Å². The zero-order valence-corrected chi connectivity index (χ0v) is 13.0. The first kappa shape index (κ1) is 14.4. The predicted octanol–water partition coefficient (Wildman–Crippen LogP) is 5.00. The Morgan fingerprint density at radius 3 is 2.53 bits per heavy atom. The van der Waals surface area contributed by atoms with Crippen molar-refractivity contribution in [1.82, 2.24) is 0 Å². The summed E-state index contributed by atoms with van der Waals surface area (Å²) in [7, 11) is 1.54. The quantitative estimate of drug-likeness (QED) is 0.721. The van der Waals surface area contributed by atoms with Crippen molar-refractivity contribution in [3.8, 4) is 5.75 Å². The van der Waals surface area contributed by atoms with Crippen LogP contribution in [0.25, 0.3) is 0 Å². The largest absolute Gasteiger partial charge is 0.497 e. The van der Waals surface area contributed by atoms with Gasteiger partial charge in [0.1, 0.15) is 5.75 Å². The van der Waals surface area contributed by atoms with Gasteiger partial charge in [0.25, 0.3) is 0 Å². The monoisotopic (exact) mass is 358 g/mol. The molecule has 0 saturated carbocycles. The van der Waals surface area contributed by atoms with Crippen molar-refractivity contribution in [2.75, 3.05) is 7.11 Å². The van der Waals surface area contributed by atoms with E-state index in [0.29, 0.717) is 31.4 Å². The van der Waals surface area contributed by atoms with Crippen molar-refractivity contribution in [2.45, 2.75) is 0 Å². The number of methoxy groups -OCH3 is 1. The molecule has 0 saturated heterocycles. The van der Waals surface area contributed by atoms with Crippen LogP contribution >= 0.6 is 39.1 Å². The maximum absolute atomic E-state index is 12.4. The summed E-state index contributed by atoms with van der Waals surface area (Å²) in [5, 5.41) is 0.708. The fourth-order valence-corrected chi connectivity index (χ4v) is 2.47. The van der Waals surface area contributed by atoms with E-state index in [-0.39, 0.29) is 5.78 Å². The number of benzene rings is 2. The van der Waals surface area contributed by atoms with Gasteiger partial charge in [0.2, 0.25) is 0 Å². The van der Waals surface area contributed by atoms with Gasteiger partial charge in [0.15, 0.2) is 5.78 Å². The molecule has 2 rings (SSSR count). The smallest absolute Gasteiger partial charge is 0.196 e. The Balaban J connectivity index is 2.47. The van der Waals surface area contributed by atoms with Crippen LogP contribution in [0.15, 0.2) is 40.9 Å². The number of ether oxygens (including phenoxy) is 1. The summed E-state index contributed by atoms with van der Waals surface area (Å²) in [5.41, 5.74) is 0.797. The number of rotatable bonds is 3. The van der Waals surface area contributed by atoms with E-state index in [1.807, 2.05) is 0 Å². The second-order valence-electron chi connectivity index (χ2n) is 3.78. The summed E-state index contributed by atoms with van der Waals surface area (Å²) < 4.78 is 5.72. The van der Waals surface area contributed by atoms with Crippen LogP contribution in [0.5, 0.6) is 5.75 Å². The molecule has 98 valence electrons. The molecule has 5 heteroatoms. The summed E-state index contributed by atoms with van der Waals surface area (Å²) in [6, 6.07) is 10.1. The van der Waals surface area contributed by atoms with Crippen molar-refractivity contribution in [3.63, 3.8) is 0 Å². The predicted molar refractivity (Wildman–Crippen MR) is 80.6 cm³/mol. The number of ketones is 1. The van der Waals surface area contributed by atoms with Crippen LogP contribution in [-0.2, 0) is 0 Å². The van der Waals surface area contributed by atoms with E-state index in [9.17, 15) is 4.79 Å². The molecule has 0 atom stereocenters. The van der Waals surface area contributed by atoms with Gasteiger partial charge in [-0.1, -0.05) is 29.3 Å². The average Bonchev–Trinajstić information content (AvgIpc) is 2.41. The fraction of sp³-hybridized carbons (Fsp3) is 0.0714. The molecule has 19 heavy (non-hydrogen) atoms. The summed E-state index contributed by atoms with van der Waals surface area (Å²) in [4.78, 5) is 12.4. The molecule has 0 radical (unpaired) electrons. The van der Waals surface area contributed by atoms with E-state index in [0.717, 1.165) is 0 Å². The summed E-state index contributed by atoms with van der Waals surface area (Å²) in [6.07, 6.45) is 0. The van der Waals surface area contributed by atoms with Crippen LogP contribution in [0.2, 0.25) is 10.0 Å². The molecule has 0 aliphatic rings. The highest BCUT2D eigenvalue weighted by atomic mass is 79.9. The van der Waals surface area contributed by atoms with Crippen LogP contribution in [0.1, 0.15) is 15.9 Å². The maximum atomic E-state index is 12.4. The topological polar surface area (TPSA) is 26.3 Å². The molecule has 0 aliphatic heterocycles. The molecule has 0 unspecified atom stereocenters. The molecule has 2 aromatic rings. The van der Waals surface area contributed by atoms with Crippen LogP contribution in [-0.4, -0.2) is 12.9 Å². The van der Waals surface area contributed by atoms with Crippen molar-refractivity contribution < 1.29 is 9.53 Å². The lowest BCUT2D eigenvalue weighted by Gasteiger charge is -2.08. The Labute approximate surface area is 129 Å². The average molecular weight is 360 g/mol. The first-order valence-electron chi connectivity index (χ1n) is 5.37. The molecule has 2 aromatic carbocycles. The highest BCUT2D eigenvalue weighted by molar-refractivity contribution is 9.10. The molecule has 0 amide bonds. The van der Waals surface area contributed by atoms with E-state index in [2.05, 4.69) is 15.9 Å². The molecular weight excluding hydrogens is 351 g/mol. The van der Waals surface area contributed by atoms with E-state index >= 15 is 0 Å². The van der Waals surface area contributed by atoms with Crippen LogP contribution in [0.3, 0.4) is 0 Å². The molecule has 0 bridgehead atoms. The molecule has 0 aliphatic carbocycles. The second-order valence-corrected chi connectivity index (χ2v) is 5.42. The lowest BCUT2D eigenvalue weighted by Crippen LogP contribution is -2.03. The molecule has 0 spiro atoms. The van der Waals surface area contributed by atoms with Crippen molar-refractivity contribution >= 4 is 44.9 Å². The van der Waals surface area contributed by atoms with Gasteiger partial charge in [-0.15, -0.1) is 0 Å². The third kappa shape index (κ3) is 2.94. The lowest BCUT2D eigenvalue weighted by atomic mass is 10.0. The number of hydrogen-bond donors (Lipinski definition) is 0. The number of hydrogen-bond acceptors (Lipinski definition) is 2. The molecule has 0 aromatic heterocycles. The van der Waals surface area contributed by atoms with Crippen molar-refractivity contribution in [1.29, 1.82) is 0 Å². The van der Waals surface area contributed by atoms with Gasteiger partial charge in [0, 0.05) is 15.6 Å². The minimum absolute atomic E-state index is 0.223. The number of carbonyl (C=O) groups excluding carboxylic acids is 1. The molecule has 2 nitrogen and oxygen atoms in total. The van der Waals surface area contributed by atoms with E-state index < -0.39 is 0 Å². The fourth-order valence-electron chi connectivity index (χ4n) is 1.63. The molecule has 0 fully saturated rings. The van der Waals surface area contributed by atoms with Gasteiger partial charge >= 0.3 is 0 Å². The first-order valence-corrected chi connectivity index (χ1v) is 6.91. The number of carbonyl (C=O) groups is 1. The Kier molecular flexibility index (Phi) is 4.50. The SMILES string of the molecule is COc1ccc(C(=O)c2cccc(Br)c2Cl)c(Cl)c1. The molecule has 0 heterocycles. The highest BCUT2D eigenvalue weighted by Gasteiger charge is 2.17. The summed E-state index contributed by atoms with van der Waals surface area (Å²) in [6.45, 7) is 0. The Bertz CT molecular complexity index is 641. The zero-order chi connectivity index (χ0) is 14.0. The third-order valence-corrected chi connectivity index (χ3v) is 4.23. The Morgan fingerprint density at radius 1 is 1.16 bits per heavy atom. The molecular formula is C14H9BrCl2O2. The number of halogens is 3. The minimum Gasteiger partial charge on any atom is -0.497 e. The van der Waals surface area contributed by atoms with E-state index in [1.165, 1.54) is 0 Å². The van der Waals surface area contributed by atoms with Gasteiger partial charge < -0.3 is 4.74 Å². The van der Waals surface area contributed by atoms with Gasteiger partial charge in [0.05, 0.1) is 17.2 Å². The molecule has 0 N–H and O–H groups in total. The van der Waals surface area contributed by atoms with Gasteiger partial charge in [-0.2, -0.15) is 0 Å². The highest BCUT2D eigenvalue weighted by Crippen LogP contribution is 2.30. The third-order valence-electron chi connectivity index (χ3n) is 2.62. The Hall–Kier alpha value is -1.03. The van der Waals surface area contributed by atoms with Crippen molar-refractivity contribution in [2.24, 2.45) is 0 Å². The standard InChI is InChI=1S/C14H9BrCl2O2/c1-19-8-5-6-9(12(16)7-8)14(18)10-3-2-4-11(15)13(10)17/h2-7H,1H3. The Morgan fingerprint density at radius 2 is 1.89 bits per heavy atom. The maximum Gasteiger partial charge on any atom is 0.196 e. The lowest BCUT2D eigenvalue weighted by molar-refractivity contribution is 0.103. The normalized spacial score (nSPS) is 10.3. The summed E-state index contributed by atoms with van der Waals surface area (Å²) >= 11 is 15.5. The van der Waals surface area contributed by atoms with Gasteiger partial charge in [-0.25, -0.2) is 0 Å². The van der Waals surface area contributed by atoms with E-state index in [1.54, 1.807) is 43.5 Å². The van der Waals surface area contributed by atoms with Gasteiger partial charge in [-0.05, 0) is 46.3 Å². The van der Waals surface area contributed by atoms with Crippen LogP contribution in [0, 0.1) is 0 Å². The second kappa shape index (κ2) is 5.95. The van der Waals surface area contributed by atoms with Crippen molar-refractivity contribution in [3.05, 3.63) is 62.0 Å². The first-order chi connectivity index (χ1) is 9.04. The van der Waals surface area contributed by atoms with Crippen LogP contribution in [0.4, 0.5) is 0 Å². The zero-order valence-electron chi connectivity index (χ0n) is 9.91.